The molecular weight excluding hydrogens is 544 g/mol. The molecule has 4 nitrogen and oxygen atoms in total. The molecule has 0 aromatic rings. The molecular formula is C40H54O4. The van der Waals surface area contributed by atoms with Gasteiger partial charge in [-0.15, -0.1) is 0 Å². The third kappa shape index (κ3) is 14.7. The van der Waals surface area contributed by atoms with Crippen LogP contribution >= 0.6 is 0 Å². The van der Waals surface area contributed by atoms with Gasteiger partial charge in [0.05, 0.1) is 5.60 Å². The molecule has 0 aliphatic heterocycles. The number of rotatable bonds is 13. The Hall–Kier alpha value is -3.57. The summed E-state index contributed by atoms with van der Waals surface area (Å²) in [6.45, 7) is 19.2. The lowest BCUT2D eigenvalue weighted by Crippen LogP contribution is -2.35. The van der Waals surface area contributed by atoms with Crippen molar-refractivity contribution in [2.75, 3.05) is 0 Å². The summed E-state index contributed by atoms with van der Waals surface area (Å²) in [7, 11) is 0. The molecule has 4 heteroatoms. The van der Waals surface area contributed by atoms with Gasteiger partial charge in [-0.3, -0.25) is 4.79 Å². The summed E-state index contributed by atoms with van der Waals surface area (Å²) >= 11 is 0. The summed E-state index contributed by atoms with van der Waals surface area (Å²) in [5, 5.41) is 29.7. The van der Waals surface area contributed by atoms with Gasteiger partial charge < -0.3 is 15.3 Å². The highest BCUT2D eigenvalue weighted by Gasteiger charge is 2.36. The van der Waals surface area contributed by atoms with Crippen molar-refractivity contribution in [3.05, 3.63) is 142 Å². The Labute approximate surface area is 266 Å². The second-order valence-electron chi connectivity index (χ2n) is 12.8. The maximum atomic E-state index is 12.2. The summed E-state index contributed by atoms with van der Waals surface area (Å²) < 4.78 is 0. The van der Waals surface area contributed by atoms with Crippen molar-refractivity contribution < 1.29 is 20.1 Å². The van der Waals surface area contributed by atoms with Crippen LogP contribution in [0.15, 0.2) is 142 Å². The Morgan fingerprint density at radius 2 is 1.14 bits per heavy atom. The second kappa shape index (κ2) is 18.3. The first-order valence-electron chi connectivity index (χ1n) is 15.2. The summed E-state index contributed by atoms with van der Waals surface area (Å²) in [6, 6.07) is 0. The van der Waals surface area contributed by atoms with Crippen molar-refractivity contribution in [2.45, 2.75) is 93.5 Å². The van der Waals surface area contributed by atoms with Crippen LogP contribution in [-0.2, 0) is 4.79 Å². The summed E-state index contributed by atoms with van der Waals surface area (Å²) in [6.07, 6.45) is 32.4. The smallest absolute Gasteiger partial charge is 0.187 e. The van der Waals surface area contributed by atoms with Crippen molar-refractivity contribution in [3.63, 3.8) is 0 Å². The minimum Gasteiger partial charge on any atom is -0.387 e. The molecule has 0 spiro atoms. The van der Waals surface area contributed by atoms with Crippen LogP contribution in [-0.4, -0.2) is 38.9 Å². The molecule has 44 heavy (non-hydrogen) atoms. The van der Waals surface area contributed by atoms with Crippen LogP contribution in [0.3, 0.4) is 0 Å². The highest BCUT2D eigenvalue weighted by Crippen LogP contribution is 2.39. The van der Waals surface area contributed by atoms with Gasteiger partial charge in [0.2, 0.25) is 0 Å². The summed E-state index contributed by atoms with van der Waals surface area (Å²) in [5.74, 6) is -0.173. The van der Waals surface area contributed by atoms with E-state index in [0.29, 0.717) is 12.0 Å². The summed E-state index contributed by atoms with van der Waals surface area (Å²) in [5.41, 5.74) is 5.66. The Bertz CT molecular complexity index is 1370. The maximum Gasteiger partial charge on any atom is 0.187 e. The number of ketones is 1. The predicted octanol–water partition coefficient (Wildman–Crippen LogP) is 8.86. The number of Topliss-reactive ketones (excluding diaryl/α,β-unsaturated/α-hetero) is 1. The van der Waals surface area contributed by atoms with Gasteiger partial charge in [-0.1, -0.05) is 145 Å². The van der Waals surface area contributed by atoms with E-state index in [0.717, 1.165) is 33.4 Å². The predicted molar refractivity (Wildman–Crippen MR) is 188 cm³/mol. The zero-order valence-corrected chi connectivity index (χ0v) is 28.4. The molecule has 0 saturated carbocycles. The maximum absolute atomic E-state index is 12.2. The highest BCUT2D eigenvalue weighted by atomic mass is 16.3. The first kappa shape index (κ1) is 38.5. The number of allylic oxidation sites excluding steroid dienone is 22. The van der Waals surface area contributed by atoms with Crippen LogP contribution < -0.4 is 0 Å². The van der Waals surface area contributed by atoms with Gasteiger partial charge in [0, 0.05) is 0 Å². The molecule has 0 aromatic heterocycles. The molecule has 0 heterocycles. The summed E-state index contributed by atoms with van der Waals surface area (Å²) in [4.78, 5) is 12.2. The van der Waals surface area contributed by atoms with Crippen molar-refractivity contribution >= 4 is 5.78 Å². The zero-order valence-electron chi connectivity index (χ0n) is 28.4. The average molecular weight is 599 g/mol. The monoisotopic (exact) mass is 598 g/mol. The van der Waals surface area contributed by atoms with Gasteiger partial charge in [-0.25, -0.2) is 0 Å². The van der Waals surface area contributed by atoms with Gasteiger partial charge in [-0.2, -0.15) is 0 Å². The molecule has 1 rings (SSSR count). The number of hydrogen-bond acceptors (Lipinski definition) is 4. The van der Waals surface area contributed by atoms with Crippen molar-refractivity contribution in [1.29, 1.82) is 0 Å². The topological polar surface area (TPSA) is 77.8 Å². The Morgan fingerprint density at radius 3 is 1.57 bits per heavy atom. The standard InChI is InChI=1S/C40H54O4/c1-29(18-13-20-31(3)21-15-23-33(5)25-27-37(42)40(9,10)44)16-11-12-17-30(2)19-14-22-32(4)24-26-35-34(6)38(43)36(41)28-39(35,7)8/h11-27,36-37,41-42,44H,28H2,1-10H3/b12-11+,18-13+,19-14+,21-15+,26-24+,27-25+,29-16+,30-17+,31-20+,32-22+,33-23+/t36-,37?/m0/s1. The minimum absolute atomic E-state index is 0.173. The number of aliphatic hydroxyl groups is 3. The average Bonchev–Trinajstić information content (AvgIpc) is 2.91. The molecule has 238 valence electrons. The molecule has 0 saturated heterocycles. The lowest BCUT2D eigenvalue weighted by molar-refractivity contribution is -0.125. The lowest BCUT2D eigenvalue weighted by Gasteiger charge is -2.34. The fourth-order valence-corrected chi connectivity index (χ4v) is 4.37. The third-order valence-corrected chi connectivity index (χ3v) is 7.27. The lowest BCUT2D eigenvalue weighted by atomic mass is 9.71. The number of carbonyl (C=O) groups is 1. The molecule has 0 fully saturated rings. The van der Waals surface area contributed by atoms with E-state index in [2.05, 4.69) is 52.0 Å². The van der Waals surface area contributed by atoms with Gasteiger partial charge >= 0.3 is 0 Å². The van der Waals surface area contributed by atoms with Crippen molar-refractivity contribution in [3.8, 4) is 0 Å². The van der Waals surface area contributed by atoms with Gasteiger partial charge in [0.25, 0.3) is 0 Å². The van der Waals surface area contributed by atoms with E-state index >= 15 is 0 Å². The van der Waals surface area contributed by atoms with Gasteiger partial charge in [-0.05, 0) is 78.4 Å². The fourth-order valence-electron chi connectivity index (χ4n) is 4.37. The van der Waals surface area contributed by atoms with Crippen LogP contribution in [0.2, 0.25) is 0 Å². The normalized spacial score (nSPS) is 21.2. The van der Waals surface area contributed by atoms with E-state index in [4.69, 9.17) is 0 Å². The number of hydrogen-bond donors (Lipinski definition) is 3. The molecule has 2 atom stereocenters. The fraction of sp³-hybridized carbons (Fsp3) is 0.375. The SMILES string of the molecule is CC1=C(/C=C/C(C)=C/C=C/C(C)=C/C=C/C=C(C)/C=C/C=C(C)/C=C/C=C(C)/C=C/C(O)C(C)(C)O)C(C)(C)C[C@H](O)C1=O. The second-order valence-corrected chi connectivity index (χ2v) is 12.8. The number of aliphatic hydroxyl groups excluding tert-OH is 2. The Morgan fingerprint density at radius 1 is 0.750 bits per heavy atom. The van der Waals surface area contributed by atoms with Crippen LogP contribution in [0.1, 0.15) is 75.7 Å². The van der Waals surface area contributed by atoms with E-state index in [9.17, 15) is 20.1 Å². The quantitative estimate of drug-likeness (QED) is 0.185. The Balaban J connectivity index is 2.67. The van der Waals surface area contributed by atoms with Crippen LogP contribution in [0.25, 0.3) is 0 Å². The van der Waals surface area contributed by atoms with E-state index in [1.807, 2.05) is 87.6 Å². The molecule has 1 aliphatic carbocycles. The van der Waals surface area contributed by atoms with E-state index < -0.39 is 17.8 Å². The van der Waals surface area contributed by atoms with E-state index in [-0.39, 0.29) is 11.2 Å². The molecule has 0 aromatic carbocycles. The first-order chi connectivity index (χ1) is 20.4. The molecule has 1 aliphatic rings. The van der Waals surface area contributed by atoms with E-state index in [1.165, 1.54) is 0 Å². The molecule has 0 radical (unpaired) electrons. The third-order valence-electron chi connectivity index (χ3n) is 7.27. The van der Waals surface area contributed by atoms with Crippen molar-refractivity contribution in [1.82, 2.24) is 0 Å². The highest BCUT2D eigenvalue weighted by molar-refractivity contribution is 6.00. The Kier molecular flexibility index (Phi) is 16.0. The van der Waals surface area contributed by atoms with E-state index in [1.54, 1.807) is 32.9 Å². The van der Waals surface area contributed by atoms with Crippen molar-refractivity contribution in [2.24, 2.45) is 5.41 Å². The zero-order chi connectivity index (χ0) is 33.5. The van der Waals surface area contributed by atoms with Crippen LogP contribution in [0.5, 0.6) is 0 Å². The molecule has 0 bridgehead atoms. The molecule has 1 unspecified atom stereocenters. The minimum atomic E-state index is -1.16. The van der Waals surface area contributed by atoms with Gasteiger partial charge in [0.15, 0.2) is 5.78 Å². The molecule has 3 N–H and O–H groups in total. The molecule has 0 amide bonds. The largest absolute Gasteiger partial charge is 0.387 e. The van der Waals surface area contributed by atoms with Crippen LogP contribution in [0, 0.1) is 5.41 Å². The van der Waals surface area contributed by atoms with Crippen LogP contribution in [0.4, 0.5) is 0 Å². The van der Waals surface area contributed by atoms with Gasteiger partial charge in [0.1, 0.15) is 12.2 Å². The first-order valence-corrected chi connectivity index (χ1v) is 15.2. The number of carbonyl (C=O) groups excluding carboxylic acids is 1.